The van der Waals surface area contributed by atoms with Crippen LogP contribution in [-0.4, -0.2) is 18.9 Å². The molecular weight excluding hydrogens is 480 g/mol. The molecule has 2 aliphatic rings. The molecule has 0 fully saturated rings. The maximum atomic E-state index is 12.9. The number of hydrogen-bond donors (Lipinski definition) is 0. The molecule has 196 valence electrons. The molecule has 39 heavy (non-hydrogen) atoms. The van der Waals surface area contributed by atoms with Gasteiger partial charge in [0, 0.05) is 23.7 Å². The topological polar surface area (TPSA) is 43.4 Å². The van der Waals surface area contributed by atoms with Crippen molar-refractivity contribution in [3.63, 3.8) is 0 Å². The van der Waals surface area contributed by atoms with Crippen molar-refractivity contribution in [2.75, 3.05) is 6.61 Å². The number of carbonyl (C=O) groups is 2. The van der Waals surface area contributed by atoms with E-state index in [4.69, 9.17) is 4.74 Å². The Labute approximate surface area is 230 Å². The number of ether oxygens (including phenoxy) is 1. The summed E-state index contributed by atoms with van der Waals surface area (Å²) in [6, 6.07) is 34.7. The second-order valence-corrected chi connectivity index (χ2v) is 10.9. The van der Waals surface area contributed by atoms with Gasteiger partial charge < -0.3 is 9.53 Å². The lowest BCUT2D eigenvalue weighted by Crippen LogP contribution is -2.47. The van der Waals surface area contributed by atoms with Gasteiger partial charge in [0.2, 0.25) is 0 Å². The molecule has 0 N–H and O–H groups in total. The number of rotatable bonds is 9. The Morgan fingerprint density at radius 3 is 1.46 bits per heavy atom. The van der Waals surface area contributed by atoms with Crippen molar-refractivity contribution in [3.05, 3.63) is 119 Å². The van der Waals surface area contributed by atoms with Crippen molar-refractivity contribution < 1.29 is 14.3 Å². The first kappa shape index (κ1) is 25.3. The third-order valence-corrected chi connectivity index (χ3v) is 9.37. The van der Waals surface area contributed by atoms with Crippen molar-refractivity contribution in [3.8, 4) is 22.3 Å². The van der Waals surface area contributed by atoms with E-state index in [0.29, 0.717) is 32.3 Å². The highest BCUT2D eigenvalue weighted by atomic mass is 16.5. The van der Waals surface area contributed by atoms with E-state index in [2.05, 4.69) is 104 Å². The lowest BCUT2D eigenvalue weighted by atomic mass is 9.53. The predicted molar refractivity (Wildman–Crippen MR) is 156 cm³/mol. The van der Waals surface area contributed by atoms with Crippen molar-refractivity contribution in [1.82, 2.24) is 0 Å². The van der Waals surface area contributed by atoms with Crippen molar-refractivity contribution in [2.24, 2.45) is 5.92 Å². The average molecular weight is 515 g/mol. The summed E-state index contributed by atoms with van der Waals surface area (Å²) in [6.07, 6.45) is 3.18. The second-order valence-electron chi connectivity index (χ2n) is 10.9. The molecule has 4 aromatic rings. The van der Waals surface area contributed by atoms with Gasteiger partial charge in [-0.25, -0.2) is 0 Å². The SMILES string of the molecule is CCOC(=O)CCC1(C(C)C2(CCC=O)c3ccccc3-c3ccccc32)c2ccccc2-c2ccccc21. The standard InChI is InChI=1S/C36H34O3/c1-3-39-34(38)21-23-36(32-19-10-6-15-28(32)29-16-7-11-20-33(29)36)25(2)35(22-12-24-37)30-17-8-4-13-26(30)27-14-5-9-18-31(27)35/h4-11,13-20,24-25H,3,12,21-23H2,1-2H3. The zero-order valence-electron chi connectivity index (χ0n) is 22.7. The monoisotopic (exact) mass is 514 g/mol. The number of esters is 1. The number of hydrogen-bond acceptors (Lipinski definition) is 3. The smallest absolute Gasteiger partial charge is 0.305 e. The minimum atomic E-state index is -0.451. The van der Waals surface area contributed by atoms with Crippen molar-refractivity contribution >= 4 is 12.3 Å². The lowest BCUT2D eigenvalue weighted by Gasteiger charge is -2.49. The van der Waals surface area contributed by atoms with Gasteiger partial charge >= 0.3 is 5.97 Å². The normalized spacial score (nSPS) is 15.9. The first-order valence-electron chi connectivity index (χ1n) is 14.1. The summed E-state index contributed by atoms with van der Waals surface area (Å²) in [5.74, 6) is -0.130. The number of fused-ring (bicyclic) bond motifs is 6. The average Bonchev–Trinajstić information content (AvgIpc) is 3.44. The molecule has 0 aliphatic heterocycles. The van der Waals surface area contributed by atoms with E-state index in [1.807, 2.05) is 6.92 Å². The van der Waals surface area contributed by atoms with E-state index < -0.39 is 10.8 Å². The fraction of sp³-hybridized carbons (Fsp3) is 0.278. The minimum absolute atomic E-state index is 0.0361. The van der Waals surface area contributed by atoms with Crippen LogP contribution in [0.3, 0.4) is 0 Å². The highest BCUT2D eigenvalue weighted by molar-refractivity contribution is 5.85. The zero-order valence-corrected chi connectivity index (χ0v) is 22.7. The Morgan fingerprint density at radius 1 is 0.692 bits per heavy atom. The summed E-state index contributed by atoms with van der Waals surface area (Å²) >= 11 is 0. The maximum Gasteiger partial charge on any atom is 0.305 e. The summed E-state index contributed by atoms with van der Waals surface area (Å²) in [5, 5.41) is 0. The fourth-order valence-electron chi connectivity index (χ4n) is 7.86. The van der Waals surface area contributed by atoms with Crippen LogP contribution in [0, 0.1) is 5.92 Å². The Kier molecular flexibility index (Phi) is 6.46. The molecule has 0 heterocycles. The second kappa shape index (κ2) is 9.96. The third-order valence-electron chi connectivity index (χ3n) is 9.37. The molecule has 0 spiro atoms. The molecule has 3 nitrogen and oxygen atoms in total. The minimum Gasteiger partial charge on any atom is -0.466 e. The largest absolute Gasteiger partial charge is 0.466 e. The van der Waals surface area contributed by atoms with E-state index in [1.165, 1.54) is 44.5 Å². The Morgan fingerprint density at radius 2 is 1.08 bits per heavy atom. The summed E-state index contributed by atoms with van der Waals surface area (Å²) in [4.78, 5) is 24.9. The fourth-order valence-corrected chi connectivity index (χ4v) is 7.86. The van der Waals surface area contributed by atoms with Crippen LogP contribution < -0.4 is 0 Å². The zero-order chi connectivity index (χ0) is 27.0. The number of carbonyl (C=O) groups excluding carboxylic acids is 2. The molecule has 0 amide bonds. The van der Waals surface area contributed by atoms with E-state index >= 15 is 0 Å². The van der Waals surface area contributed by atoms with Gasteiger partial charge in [0.25, 0.3) is 0 Å². The molecule has 0 radical (unpaired) electrons. The Balaban J connectivity index is 1.65. The van der Waals surface area contributed by atoms with E-state index in [0.717, 1.165) is 6.29 Å². The van der Waals surface area contributed by atoms with Gasteiger partial charge in [-0.15, -0.1) is 0 Å². The lowest BCUT2D eigenvalue weighted by molar-refractivity contribution is -0.143. The van der Waals surface area contributed by atoms with Crippen LogP contribution in [0.1, 0.15) is 61.8 Å². The number of benzene rings is 4. The van der Waals surface area contributed by atoms with E-state index in [1.54, 1.807) is 0 Å². The summed E-state index contributed by atoms with van der Waals surface area (Å²) < 4.78 is 5.45. The summed E-state index contributed by atoms with van der Waals surface area (Å²) in [7, 11) is 0. The van der Waals surface area contributed by atoms with Gasteiger partial charge in [-0.1, -0.05) is 104 Å². The van der Waals surface area contributed by atoms with Crippen LogP contribution in [-0.2, 0) is 25.2 Å². The van der Waals surface area contributed by atoms with Gasteiger partial charge in [-0.05, 0) is 70.2 Å². The van der Waals surface area contributed by atoms with Gasteiger partial charge in [-0.2, -0.15) is 0 Å². The molecule has 1 unspecified atom stereocenters. The first-order valence-corrected chi connectivity index (χ1v) is 14.1. The van der Waals surface area contributed by atoms with Crippen molar-refractivity contribution in [1.29, 1.82) is 0 Å². The molecular formula is C36H34O3. The molecule has 0 saturated carbocycles. The van der Waals surface area contributed by atoms with Gasteiger partial charge in [-0.3, -0.25) is 4.79 Å². The quantitative estimate of drug-likeness (QED) is 0.169. The molecule has 2 aliphatic carbocycles. The highest BCUT2D eigenvalue weighted by Crippen LogP contribution is 2.64. The van der Waals surface area contributed by atoms with Gasteiger partial charge in [0.1, 0.15) is 6.29 Å². The van der Waals surface area contributed by atoms with Crippen molar-refractivity contribution in [2.45, 2.75) is 50.4 Å². The Bertz CT molecular complexity index is 1460. The van der Waals surface area contributed by atoms with Gasteiger partial charge in [0.15, 0.2) is 0 Å². The molecule has 3 heteroatoms. The molecule has 6 rings (SSSR count). The molecule has 0 bridgehead atoms. The van der Waals surface area contributed by atoms with Gasteiger partial charge in [0.05, 0.1) is 6.61 Å². The molecule has 0 aromatic heterocycles. The molecule has 0 saturated heterocycles. The highest BCUT2D eigenvalue weighted by Gasteiger charge is 2.57. The van der Waals surface area contributed by atoms with Crippen LogP contribution in [0.5, 0.6) is 0 Å². The Hall–Kier alpha value is -3.98. The van der Waals surface area contributed by atoms with E-state index in [-0.39, 0.29) is 11.9 Å². The summed E-state index contributed by atoms with van der Waals surface area (Å²) in [5.41, 5.74) is 9.15. The molecule has 1 atom stereocenters. The molecule has 4 aromatic carbocycles. The van der Waals surface area contributed by atoms with E-state index in [9.17, 15) is 9.59 Å². The van der Waals surface area contributed by atoms with Crippen LogP contribution in [0.2, 0.25) is 0 Å². The first-order chi connectivity index (χ1) is 19.1. The predicted octanol–water partition coefficient (Wildman–Crippen LogP) is 7.88. The van der Waals surface area contributed by atoms with Crippen LogP contribution in [0.15, 0.2) is 97.1 Å². The van der Waals surface area contributed by atoms with Crippen LogP contribution in [0.4, 0.5) is 0 Å². The maximum absolute atomic E-state index is 12.9. The van der Waals surface area contributed by atoms with Crippen LogP contribution >= 0.6 is 0 Å². The third kappa shape index (κ3) is 3.63. The van der Waals surface area contributed by atoms with Crippen LogP contribution in [0.25, 0.3) is 22.3 Å². The summed E-state index contributed by atoms with van der Waals surface area (Å²) in [6.45, 7) is 4.59. The number of aldehydes is 1.